The van der Waals surface area contributed by atoms with Gasteiger partial charge in [-0.2, -0.15) is 0 Å². The minimum Gasteiger partial charge on any atom is -0.323 e. The van der Waals surface area contributed by atoms with Gasteiger partial charge in [0.05, 0.1) is 11.0 Å². The first-order chi connectivity index (χ1) is 12.4. The highest BCUT2D eigenvalue weighted by Gasteiger charge is 2.56. The summed E-state index contributed by atoms with van der Waals surface area (Å²) in [6, 6.07) is 7.08. The lowest BCUT2D eigenvalue weighted by Crippen LogP contribution is -2.46. The first-order valence-corrected chi connectivity index (χ1v) is 8.83. The van der Waals surface area contributed by atoms with E-state index in [4.69, 9.17) is 0 Å². The van der Waals surface area contributed by atoms with Crippen LogP contribution in [0.25, 0.3) is 11.0 Å². The number of carbonyl (C=O) groups is 3. The summed E-state index contributed by atoms with van der Waals surface area (Å²) in [5.41, 5.74) is 0.816. The summed E-state index contributed by atoms with van der Waals surface area (Å²) in [6.45, 7) is 4.01. The number of nitrogens with zero attached hydrogens (tertiary/aromatic N) is 3. The van der Waals surface area contributed by atoms with Crippen LogP contribution in [0.2, 0.25) is 0 Å². The predicted molar refractivity (Wildman–Crippen MR) is 95.4 cm³/mol. The smallest absolute Gasteiger partial charge is 0.323 e. The molecule has 0 spiro atoms. The highest BCUT2D eigenvalue weighted by atomic mass is 16.2. The molecule has 1 saturated carbocycles. The lowest BCUT2D eigenvalue weighted by molar-refractivity contribution is -0.134. The number of amides is 4. The van der Waals surface area contributed by atoms with E-state index < -0.39 is 17.5 Å². The van der Waals surface area contributed by atoms with Crippen LogP contribution in [0.1, 0.15) is 26.7 Å². The van der Waals surface area contributed by atoms with Crippen molar-refractivity contribution in [3.05, 3.63) is 24.3 Å². The van der Waals surface area contributed by atoms with Crippen molar-refractivity contribution in [1.29, 1.82) is 0 Å². The second-order valence-corrected chi connectivity index (χ2v) is 7.01. The van der Waals surface area contributed by atoms with Crippen LogP contribution < -0.4 is 10.6 Å². The molecule has 2 aromatic rings. The summed E-state index contributed by atoms with van der Waals surface area (Å²) < 4.78 is 1.88. The molecule has 0 radical (unpaired) electrons. The highest BCUT2D eigenvalue weighted by Crippen LogP contribution is 2.42. The molecular weight excluding hydrogens is 334 g/mol. The van der Waals surface area contributed by atoms with Crippen LogP contribution in [0, 0.1) is 5.92 Å². The van der Waals surface area contributed by atoms with Crippen molar-refractivity contribution in [1.82, 2.24) is 19.8 Å². The Balaban J connectivity index is 1.51. The Morgan fingerprint density at radius 2 is 2.08 bits per heavy atom. The van der Waals surface area contributed by atoms with Crippen LogP contribution in [0.5, 0.6) is 0 Å². The fourth-order valence-electron chi connectivity index (χ4n) is 3.60. The highest BCUT2D eigenvalue weighted by molar-refractivity contribution is 6.10. The molecule has 0 bridgehead atoms. The predicted octanol–water partition coefficient (Wildman–Crippen LogP) is 1.72. The third-order valence-electron chi connectivity index (χ3n) is 5.22. The molecule has 1 atom stereocenters. The SMILES string of the molecule is CCn1c(NC(=O)CN2C(=O)N[C@@](C)(C3CC3)C2=O)nc2ccccc21. The van der Waals surface area contributed by atoms with Crippen LogP contribution in [0.4, 0.5) is 10.7 Å². The number of fused-ring (bicyclic) bond motifs is 1. The maximum Gasteiger partial charge on any atom is 0.325 e. The van der Waals surface area contributed by atoms with E-state index >= 15 is 0 Å². The van der Waals surface area contributed by atoms with E-state index in [-0.39, 0.29) is 18.4 Å². The van der Waals surface area contributed by atoms with Crippen molar-refractivity contribution in [2.75, 3.05) is 11.9 Å². The summed E-state index contributed by atoms with van der Waals surface area (Å²) in [4.78, 5) is 42.7. The number of para-hydroxylation sites is 2. The van der Waals surface area contributed by atoms with Crippen LogP contribution in [-0.4, -0.2) is 44.4 Å². The number of aromatic nitrogens is 2. The Bertz CT molecular complexity index is 917. The Hall–Kier alpha value is -2.90. The normalized spacial score (nSPS) is 22.8. The largest absolute Gasteiger partial charge is 0.325 e. The second-order valence-electron chi connectivity index (χ2n) is 7.01. The van der Waals surface area contributed by atoms with Gasteiger partial charge in [-0.25, -0.2) is 9.78 Å². The zero-order chi connectivity index (χ0) is 18.5. The monoisotopic (exact) mass is 355 g/mol. The van der Waals surface area contributed by atoms with Crippen LogP contribution >= 0.6 is 0 Å². The third kappa shape index (κ3) is 2.53. The molecule has 136 valence electrons. The second kappa shape index (κ2) is 5.82. The van der Waals surface area contributed by atoms with Crippen LogP contribution in [0.15, 0.2) is 24.3 Å². The van der Waals surface area contributed by atoms with Gasteiger partial charge in [-0.15, -0.1) is 0 Å². The number of carbonyl (C=O) groups excluding carboxylic acids is 3. The van der Waals surface area contributed by atoms with Gasteiger partial charge in [0, 0.05) is 6.54 Å². The Labute approximate surface area is 150 Å². The fourth-order valence-corrected chi connectivity index (χ4v) is 3.60. The van der Waals surface area contributed by atoms with Gasteiger partial charge in [-0.05, 0) is 44.7 Å². The number of imide groups is 1. The Morgan fingerprint density at radius 1 is 1.35 bits per heavy atom. The standard InChI is InChI=1S/C18H21N5O3/c1-3-22-13-7-5-4-6-12(13)19-16(22)20-14(24)10-23-15(25)18(2,11-8-9-11)21-17(23)26/h4-7,11H,3,8-10H2,1-2H3,(H,21,26)(H,19,20,24)/t18-/m0/s1. The number of rotatable bonds is 5. The quantitative estimate of drug-likeness (QED) is 0.798. The number of anilines is 1. The maximum absolute atomic E-state index is 12.6. The van der Waals surface area contributed by atoms with Gasteiger partial charge in [0.1, 0.15) is 12.1 Å². The number of nitrogens with one attached hydrogen (secondary N) is 2. The maximum atomic E-state index is 12.6. The molecule has 1 saturated heterocycles. The van der Waals surface area contributed by atoms with E-state index in [1.54, 1.807) is 6.92 Å². The first kappa shape index (κ1) is 16.6. The van der Waals surface area contributed by atoms with Crippen molar-refractivity contribution < 1.29 is 14.4 Å². The molecule has 2 N–H and O–H groups in total. The van der Waals surface area contributed by atoms with E-state index in [0.717, 1.165) is 28.8 Å². The Kier molecular flexibility index (Phi) is 3.71. The van der Waals surface area contributed by atoms with E-state index in [1.807, 2.05) is 35.8 Å². The molecule has 4 rings (SSSR count). The lowest BCUT2D eigenvalue weighted by Gasteiger charge is -2.20. The van der Waals surface area contributed by atoms with Crippen molar-refractivity contribution >= 4 is 34.8 Å². The molecule has 2 heterocycles. The molecule has 0 unspecified atom stereocenters. The molecule has 8 nitrogen and oxygen atoms in total. The number of benzene rings is 1. The van der Waals surface area contributed by atoms with Crippen LogP contribution in [-0.2, 0) is 16.1 Å². The average Bonchev–Trinajstić information content (AvgIpc) is 3.37. The van der Waals surface area contributed by atoms with Gasteiger partial charge in [-0.1, -0.05) is 12.1 Å². The van der Waals surface area contributed by atoms with Gasteiger partial charge in [0.25, 0.3) is 5.91 Å². The van der Waals surface area contributed by atoms with Crippen molar-refractivity contribution in [3.8, 4) is 0 Å². The number of hydrogen-bond donors (Lipinski definition) is 2. The van der Waals surface area contributed by atoms with Crippen LogP contribution in [0.3, 0.4) is 0 Å². The van der Waals surface area contributed by atoms with Gasteiger partial charge >= 0.3 is 6.03 Å². The summed E-state index contributed by atoms with van der Waals surface area (Å²) >= 11 is 0. The molecule has 2 fully saturated rings. The molecule has 1 aromatic heterocycles. The molecule has 2 aliphatic rings. The summed E-state index contributed by atoms with van der Waals surface area (Å²) in [5.74, 6) is -0.199. The van der Waals surface area contributed by atoms with Crippen molar-refractivity contribution in [3.63, 3.8) is 0 Å². The summed E-state index contributed by atoms with van der Waals surface area (Å²) in [7, 11) is 0. The Morgan fingerprint density at radius 3 is 2.77 bits per heavy atom. The van der Waals surface area contributed by atoms with Gasteiger partial charge in [0.2, 0.25) is 11.9 Å². The number of urea groups is 1. The van der Waals surface area contributed by atoms with E-state index in [2.05, 4.69) is 15.6 Å². The van der Waals surface area contributed by atoms with Gasteiger partial charge < -0.3 is 9.88 Å². The average molecular weight is 355 g/mol. The number of imidazole rings is 1. The number of aryl methyl sites for hydroxylation is 1. The molecule has 1 aliphatic heterocycles. The van der Waals surface area contributed by atoms with Crippen molar-refractivity contribution in [2.45, 2.75) is 38.8 Å². The van der Waals surface area contributed by atoms with E-state index in [9.17, 15) is 14.4 Å². The number of hydrogen-bond acceptors (Lipinski definition) is 4. The third-order valence-corrected chi connectivity index (χ3v) is 5.22. The molecule has 8 heteroatoms. The fraction of sp³-hybridized carbons (Fsp3) is 0.444. The molecule has 1 aromatic carbocycles. The summed E-state index contributed by atoms with van der Waals surface area (Å²) in [5, 5.41) is 5.47. The zero-order valence-electron chi connectivity index (χ0n) is 14.8. The molecular formula is C18H21N5O3. The van der Waals surface area contributed by atoms with Gasteiger partial charge in [0.15, 0.2) is 0 Å². The molecule has 4 amide bonds. The van der Waals surface area contributed by atoms with Gasteiger partial charge in [-0.3, -0.25) is 19.8 Å². The van der Waals surface area contributed by atoms with E-state index in [0.29, 0.717) is 12.5 Å². The zero-order valence-corrected chi connectivity index (χ0v) is 14.8. The minimum absolute atomic E-state index is 0.163. The van der Waals surface area contributed by atoms with E-state index in [1.165, 1.54) is 0 Å². The van der Waals surface area contributed by atoms with Crippen molar-refractivity contribution in [2.24, 2.45) is 5.92 Å². The topological polar surface area (TPSA) is 96.3 Å². The first-order valence-electron chi connectivity index (χ1n) is 8.83. The minimum atomic E-state index is -0.881. The molecule has 1 aliphatic carbocycles. The summed E-state index contributed by atoms with van der Waals surface area (Å²) in [6.07, 6.45) is 1.84. The molecule has 26 heavy (non-hydrogen) atoms. The lowest BCUT2D eigenvalue weighted by atomic mass is 9.96.